The Labute approximate surface area is 243 Å². The van der Waals surface area contributed by atoms with Crippen LogP contribution in [0.4, 0.5) is 0 Å². The van der Waals surface area contributed by atoms with Crippen LogP contribution in [0.25, 0.3) is 0 Å². The maximum Gasteiger partial charge on any atom is 0.348 e. The lowest BCUT2D eigenvalue weighted by atomic mass is 9.85. The predicted molar refractivity (Wildman–Crippen MR) is 154 cm³/mol. The number of benzene rings is 2. The Morgan fingerprint density at radius 2 is 1.44 bits per heavy atom. The molecule has 4 fully saturated rings. The summed E-state index contributed by atoms with van der Waals surface area (Å²) in [5, 5.41) is 0. The van der Waals surface area contributed by atoms with E-state index in [0.29, 0.717) is 55.7 Å². The van der Waals surface area contributed by atoms with Crippen LogP contribution in [-0.4, -0.2) is 67.2 Å². The van der Waals surface area contributed by atoms with Gasteiger partial charge in [0.05, 0.1) is 31.1 Å². The standard InChI is InChI=1S/C34H44NO6/c1-2-31(40-32(36)25-17-21-38-22-18-25)41-34(26-11-5-3-6-12-26,27-13-7-4-8-14-27)33(37)39-30-23-28-15-16-29(24-30)35(28)19-9-10-20-35/h3-8,11-14,25,28-31H,2,9-10,15-24H2,1H3/q+1. The number of esters is 2. The minimum atomic E-state index is -1.57. The van der Waals surface area contributed by atoms with Crippen LogP contribution in [0.5, 0.6) is 0 Å². The van der Waals surface area contributed by atoms with E-state index in [4.69, 9.17) is 18.9 Å². The van der Waals surface area contributed by atoms with Crippen molar-refractivity contribution in [1.82, 2.24) is 0 Å². The number of carbonyl (C=O) groups excluding carboxylic acids is 2. The summed E-state index contributed by atoms with van der Waals surface area (Å²) in [6.45, 7) is 5.55. The molecule has 2 aromatic carbocycles. The van der Waals surface area contributed by atoms with Gasteiger partial charge in [0, 0.05) is 58.2 Å². The van der Waals surface area contributed by atoms with Crippen LogP contribution >= 0.6 is 0 Å². The number of piperidine rings is 1. The largest absolute Gasteiger partial charge is 0.459 e. The lowest BCUT2D eigenvalue weighted by Gasteiger charge is -2.47. The van der Waals surface area contributed by atoms with Crippen molar-refractivity contribution in [3.63, 3.8) is 0 Å². The molecule has 0 radical (unpaired) electrons. The quantitative estimate of drug-likeness (QED) is 0.228. The van der Waals surface area contributed by atoms with E-state index in [1.54, 1.807) is 0 Å². The first-order valence-electron chi connectivity index (χ1n) is 15.7. The molecule has 41 heavy (non-hydrogen) atoms. The van der Waals surface area contributed by atoms with Gasteiger partial charge in [-0.15, -0.1) is 0 Å². The van der Waals surface area contributed by atoms with E-state index >= 15 is 0 Å². The Bertz CT molecular complexity index is 1120. The van der Waals surface area contributed by atoms with Crippen molar-refractivity contribution >= 4 is 11.9 Å². The number of hydrogen-bond acceptors (Lipinski definition) is 6. The fourth-order valence-electron chi connectivity index (χ4n) is 8.02. The fraction of sp³-hybridized carbons (Fsp3) is 0.588. The highest BCUT2D eigenvalue weighted by molar-refractivity contribution is 5.86. The molecule has 3 atom stereocenters. The Balaban J connectivity index is 1.30. The molecule has 0 amide bonds. The average molecular weight is 563 g/mol. The summed E-state index contributed by atoms with van der Waals surface area (Å²) in [7, 11) is 0. The van der Waals surface area contributed by atoms with E-state index in [1.807, 2.05) is 67.6 Å². The van der Waals surface area contributed by atoms with Crippen molar-refractivity contribution in [3.05, 3.63) is 71.8 Å². The van der Waals surface area contributed by atoms with Crippen LogP contribution in [0.1, 0.15) is 75.8 Å². The van der Waals surface area contributed by atoms with Crippen molar-refractivity contribution in [2.75, 3.05) is 26.3 Å². The van der Waals surface area contributed by atoms with Crippen LogP contribution < -0.4 is 0 Å². The summed E-state index contributed by atoms with van der Waals surface area (Å²) >= 11 is 0. The van der Waals surface area contributed by atoms with E-state index in [0.717, 1.165) is 12.8 Å². The summed E-state index contributed by atoms with van der Waals surface area (Å²) < 4.78 is 25.9. The van der Waals surface area contributed by atoms with Gasteiger partial charge in [-0.1, -0.05) is 67.6 Å². The summed E-state index contributed by atoms with van der Waals surface area (Å²) in [5.74, 6) is -0.961. The maximum absolute atomic E-state index is 14.6. The van der Waals surface area contributed by atoms with E-state index in [1.165, 1.54) is 43.3 Å². The number of quaternary nitrogens is 1. The van der Waals surface area contributed by atoms with Crippen LogP contribution in [0.3, 0.4) is 0 Å². The molecule has 3 unspecified atom stereocenters. The van der Waals surface area contributed by atoms with Crippen molar-refractivity contribution in [1.29, 1.82) is 0 Å². The third-order valence-corrected chi connectivity index (χ3v) is 10.1. The molecule has 4 aliphatic heterocycles. The third kappa shape index (κ3) is 5.44. The van der Waals surface area contributed by atoms with Gasteiger partial charge in [0.25, 0.3) is 0 Å². The summed E-state index contributed by atoms with van der Waals surface area (Å²) in [6.07, 6.45) is 7.45. The van der Waals surface area contributed by atoms with Crippen molar-refractivity contribution < 1.29 is 33.0 Å². The molecule has 2 bridgehead atoms. The molecule has 2 aromatic rings. The normalized spacial score (nSPS) is 26.5. The third-order valence-electron chi connectivity index (χ3n) is 10.1. The van der Waals surface area contributed by atoms with Gasteiger partial charge in [0.2, 0.25) is 11.9 Å². The zero-order valence-corrected chi connectivity index (χ0v) is 24.2. The van der Waals surface area contributed by atoms with Gasteiger partial charge in [-0.05, 0) is 24.0 Å². The number of rotatable bonds is 9. The average Bonchev–Trinajstić information content (AvgIpc) is 3.57. The molecule has 4 saturated heterocycles. The lowest BCUT2D eigenvalue weighted by molar-refractivity contribution is -0.956. The zero-order chi connectivity index (χ0) is 28.3. The highest BCUT2D eigenvalue weighted by atomic mass is 16.7. The van der Waals surface area contributed by atoms with Crippen LogP contribution in [0.15, 0.2) is 60.7 Å². The van der Waals surface area contributed by atoms with Gasteiger partial charge in [0.1, 0.15) is 6.10 Å². The van der Waals surface area contributed by atoms with E-state index < -0.39 is 17.9 Å². The lowest BCUT2D eigenvalue weighted by Crippen LogP contribution is -2.60. The smallest absolute Gasteiger partial charge is 0.348 e. The second kappa shape index (κ2) is 12.2. The summed E-state index contributed by atoms with van der Waals surface area (Å²) in [6, 6.07) is 20.2. The molecular weight excluding hydrogens is 518 g/mol. The number of carbonyl (C=O) groups is 2. The Kier molecular flexibility index (Phi) is 8.47. The Hall–Kier alpha value is -2.74. The molecule has 4 heterocycles. The number of ether oxygens (including phenoxy) is 4. The predicted octanol–water partition coefficient (Wildman–Crippen LogP) is 5.50. The van der Waals surface area contributed by atoms with E-state index in [-0.39, 0.29) is 18.0 Å². The molecule has 220 valence electrons. The van der Waals surface area contributed by atoms with E-state index in [9.17, 15) is 9.59 Å². The van der Waals surface area contributed by atoms with Gasteiger partial charge in [-0.25, -0.2) is 4.79 Å². The molecule has 0 aromatic heterocycles. The van der Waals surface area contributed by atoms with Gasteiger partial charge in [-0.2, -0.15) is 0 Å². The molecule has 6 rings (SSSR count). The van der Waals surface area contributed by atoms with Gasteiger partial charge < -0.3 is 23.4 Å². The highest BCUT2D eigenvalue weighted by Crippen LogP contribution is 2.47. The number of nitrogens with zero attached hydrogens (tertiary/aromatic N) is 1. The van der Waals surface area contributed by atoms with Gasteiger partial charge >= 0.3 is 11.9 Å². The van der Waals surface area contributed by atoms with Crippen molar-refractivity contribution in [2.24, 2.45) is 5.92 Å². The molecular formula is C34H44NO6+. The monoisotopic (exact) mass is 562 g/mol. The maximum atomic E-state index is 14.6. The minimum Gasteiger partial charge on any atom is -0.459 e. The molecule has 7 heteroatoms. The Morgan fingerprint density at radius 3 is 1.98 bits per heavy atom. The molecule has 0 aliphatic carbocycles. The first-order chi connectivity index (χ1) is 20.0. The van der Waals surface area contributed by atoms with Crippen molar-refractivity contribution in [3.8, 4) is 0 Å². The summed E-state index contributed by atoms with van der Waals surface area (Å²) in [5.41, 5.74) is -0.243. The molecule has 0 saturated carbocycles. The minimum absolute atomic E-state index is 0.149. The SMILES string of the molecule is CCC(OC(=O)C1CCOCC1)OC(C(=O)OC1CC2CCC(C1)[N+]21CCCC1)(c1ccccc1)c1ccccc1. The second-order valence-corrected chi connectivity index (χ2v) is 12.3. The molecule has 4 aliphatic rings. The van der Waals surface area contributed by atoms with E-state index in [2.05, 4.69) is 0 Å². The van der Waals surface area contributed by atoms with Gasteiger partial charge in [-0.3, -0.25) is 4.79 Å². The summed E-state index contributed by atoms with van der Waals surface area (Å²) in [4.78, 5) is 27.7. The molecule has 0 N–H and O–H groups in total. The Morgan fingerprint density at radius 1 is 0.878 bits per heavy atom. The first-order valence-corrected chi connectivity index (χ1v) is 15.7. The topological polar surface area (TPSA) is 71.1 Å². The molecule has 1 spiro atoms. The first kappa shape index (κ1) is 28.4. The number of hydrogen-bond donors (Lipinski definition) is 0. The zero-order valence-electron chi connectivity index (χ0n) is 24.2. The van der Waals surface area contributed by atoms with Gasteiger partial charge in [0.15, 0.2) is 0 Å². The highest BCUT2D eigenvalue weighted by Gasteiger charge is 2.57. The fourth-order valence-corrected chi connectivity index (χ4v) is 8.02. The van der Waals surface area contributed by atoms with Crippen LogP contribution in [-0.2, 0) is 34.1 Å². The second-order valence-electron chi connectivity index (χ2n) is 12.3. The van der Waals surface area contributed by atoms with Crippen LogP contribution in [0, 0.1) is 5.92 Å². The molecule has 7 nitrogen and oxygen atoms in total. The van der Waals surface area contributed by atoms with Crippen LogP contribution in [0.2, 0.25) is 0 Å². The van der Waals surface area contributed by atoms with Crippen molar-refractivity contribution in [2.45, 2.75) is 94.8 Å².